The van der Waals surface area contributed by atoms with Crippen molar-refractivity contribution >= 4 is 29.0 Å². The zero-order chi connectivity index (χ0) is 19.3. The second-order valence-corrected chi connectivity index (χ2v) is 7.32. The summed E-state index contributed by atoms with van der Waals surface area (Å²) in [6, 6.07) is 11.7. The molecular formula is C20H20N4O3S. The number of rotatable bonds is 6. The molecule has 8 heteroatoms. The van der Waals surface area contributed by atoms with Gasteiger partial charge in [0.25, 0.3) is 11.8 Å². The third-order valence-corrected chi connectivity index (χ3v) is 5.36. The van der Waals surface area contributed by atoms with E-state index in [1.54, 1.807) is 29.6 Å². The topological polar surface area (TPSA) is 88.3 Å². The minimum atomic E-state index is -0.938. The predicted octanol–water partition coefficient (Wildman–Crippen LogP) is 3.58. The Hall–Kier alpha value is -3.00. The number of amides is 2. The van der Waals surface area contributed by atoms with Gasteiger partial charge in [0, 0.05) is 17.1 Å². The molecule has 4 rings (SSSR count). The molecule has 0 bridgehead atoms. The Morgan fingerprint density at radius 2 is 1.93 bits per heavy atom. The molecule has 0 radical (unpaired) electrons. The van der Waals surface area contributed by atoms with Crippen molar-refractivity contribution in [3.05, 3.63) is 65.6 Å². The van der Waals surface area contributed by atoms with Gasteiger partial charge in [-0.25, -0.2) is 0 Å². The van der Waals surface area contributed by atoms with Crippen molar-refractivity contribution in [3.8, 4) is 0 Å². The number of nitrogens with zero attached hydrogens (tertiary/aromatic N) is 3. The number of hydrogen-bond acceptors (Lipinski definition) is 6. The van der Waals surface area contributed by atoms with Crippen molar-refractivity contribution < 1.29 is 14.0 Å². The van der Waals surface area contributed by atoms with Crippen LogP contribution >= 0.6 is 11.5 Å². The molecule has 0 aliphatic heterocycles. The lowest BCUT2D eigenvalue weighted by Crippen LogP contribution is -2.46. The zero-order valence-corrected chi connectivity index (χ0v) is 16.0. The van der Waals surface area contributed by atoms with Gasteiger partial charge >= 0.3 is 0 Å². The zero-order valence-electron chi connectivity index (χ0n) is 15.2. The van der Waals surface area contributed by atoms with Crippen molar-refractivity contribution in [2.75, 3.05) is 4.90 Å². The molecule has 7 nitrogen and oxygen atoms in total. The van der Waals surface area contributed by atoms with Gasteiger partial charge < -0.3 is 9.73 Å². The first kappa shape index (κ1) is 18.4. The van der Waals surface area contributed by atoms with Crippen molar-refractivity contribution in [3.63, 3.8) is 0 Å². The number of furan rings is 1. The Bertz CT molecular complexity index is 906. The molecule has 2 amide bonds. The van der Waals surface area contributed by atoms with Crippen LogP contribution in [0.5, 0.6) is 0 Å². The molecule has 0 unspecified atom stereocenters. The maximum atomic E-state index is 13.3. The number of para-hydroxylation sites is 1. The Kier molecular flexibility index (Phi) is 5.48. The first-order valence-electron chi connectivity index (χ1n) is 9.23. The van der Waals surface area contributed by atoms with E-state index < -0.39 is 11.9 Å². The van der Waals surface area contributed by atoms with Gasteiger partial charge in [0.15, 0.2) is 11.7 Å². The van der Waals surface area contributed by atoms with Gasteiger partial charge in [-0.15, -0.1) is 5.10 Å². The summed E-state index contributed by atoms with van der Waals surface area (Å²) in [7, 11) is 0. The summed E-state index contributed by atoms with van der Waals surface area (Å²) in [6.45, 7) is 0. The average Bonchev–Trinajstić information content (AvgIpc) is 3.49. The second-order valence-electron chi connectivity index (χ2n) is 6.71. The molecule has 2 heterocycles. The molecule has 1 aliphatic carbocycles. The lowest BCUT2D eigenvalue weighted by molar-refractivity contribution is -0.123. The molecule has 1 aromatic carbocycles. The number of nitrogens with one attached hydrogen (secondary N) is 1. The lowest BCUT2D eigenvalue weighted by atomic mass is 10.1. The summed E-state index contributed by atoms with van der Waals surface area (Å²) in [5, 5.41) is 8.57. The molecule has 0 saturated heterocycles. The Morgan fingerprint density at radius 3 is 2.57 bits per heavy atom. The van der Waals surface area contributed by atoms with Crippen LogP contribution < -0.4 is 10.2 Å². The van der Waals surface area contributed by atoms with E-state index >= 15 is 0 Å². The minimum Gasteiger partial charge on any atom is -0.467 e. The fourth-order valence-electron chi connectivity index (χ4n) is 3.52. The van der Waals surface area contributed by atoms with Gasteiger partial charge in [-0.05, 0) is 48.6 Å². The highest BCUT2D eigenvalue weighted by molar-refractivity contribution is 7.03. The third-order valence-electron chi connectivity index (χ3n) is 4.85. The largest absolute Gasteiger partial charge is 0.467 e. The molecule has 1 atom stereocenters. The highest BCUT2D eigenvalue weighted by Crippen LogP contribution is 2.30. The molecule has 1 saturated carbocycles. The van der Waals surface area contributed by atoms with Gasteiger partial charge in [-0.3, -0.25) is 14.5 Å². The SMILES string of the molecule is O=C(NC1CCCC1)[C@@H](c1ccco1)N(C(=O)c1csnn1)c1ccccc1. The molecule has 28 heavy (non-hydrogen) atoms. The highest BCUT2D eigenvalue weighted by atomic mass is 32.1. The molecule has 144 valence electrons. The molecule has 0 spiro atoms. The summed E-state index contributed by atoms with van der Waals surface area (Å²) in [5.41, 5.74) is 0.780. The minimum absolute atomic E-state index is 0.124. The van der Waals surface area contributed by atoms with Crippen molar-refractivity contribution in [2.24, 2.45) is 0 Å². The van der Waals surface area contributed by atoms with E-state index in [1.165, 1.54) is 11.2 Å². The number of hydrogen-bond donors (Lipinski definition) is 1. The summed E-state index contributed by atoms with van der Waals surface area (Å²) >= 11 is 1.09. The van der Waals surface area contributed by atoms with Crippen molar-refractivity contribution in [1.82, 2.24) is 14.9 Å². The van der Waals surface area contributed by atoms with E-state index in [1.807, 2.05) is 18.2 Å². The fourth-order valence-corrected chi connectivity index (χ4v) is 3.95. The Labute approximate surface area is 166 Å². The highest BCUT2D eigenvalue weighted by Gasteiger charge is 2.37. The van der Waals surface area contributed by atoms with Crippen molar-refractivity contribution in [2.45, 2.75) is 37.8 Å². The summed E-state index contributed by atoms with van der Waals surface area (Å²) < 4.78 is 9.35. The van der Waals surface area contributed by atoms with Gasteiger partial charge in [0.05, 0.1) is 6.26 Å². The van der Waals surface area contributed by atoms with Crippen LogP contribution in [0.4, 0.5) is 5.69 Å². The molecule has 3 aromatic rings. The average molecular weight is 396 g/mol. The summed E-state index contributed by atoms with van der Waals surface area (Å²) in [6.07, 6.45) is 5.60. The molecule has 2 aromatic heterocycles. The smallest absolute Gasteiger partial charge is 0.280 e. The van der Waals surface area contributed by atoms with Crippen LogP contribution in [0.15, 0.2) is 58.5 Å². The molecule has 1 fully saturated rings. The standard InChI is InChI=1S/C20H20N4O3S/c25-19(21-14-7-4-5-8-14)18(17-11-6-12-27-17)24(15-9-2-1-3-10-15)20(26)16-13-28-23-22-16/h1-3,6,9-14,18H,4-5,7-8H2,(H,21,25)/t18-/m1/s1. The normalized spacial score (nSPS) is 15.3. The second kappa shape index (κ2) is 8.35. The summed E-state index contributed by atoms with van der Waals surface area (Å²) in [5.74, 6) is -0.263. The number of aromatic nitrogens is 2. The Morgan fingerprint density at radius 1 is 1.14 bits per heavy atom. The molecule has 1 aliphatic rings. The molecule has 1 N–H and O–H groups in total. The fraction of sp³-hybridized carbons (Fsp3) is 0.300. The van der Waals surface area contributed by atoms with E-state index in [2.05, 4.69) is 14.9 Å². The van der Waals surface area contributed by atoms with E-state index in [-0.39, 0.29) is 17.6 Å². The van der Waals surface area contributed by atoms with Crippen LogP contribution in [-0.2, 0) is 4.79 Å². The van der Waals surface area contributed by atoms with Gasteiger partial charge in [-0.1, -0.05) is 35.5 Å². The summed E-state index contributed by atoms with van der Waals surface area (Å²) in [4.78, 5) is 28.0. The van der Waals surface area contributed by atoms with Crippen LogP contribution in [0.25, 0.3) is 0 Å². The lowest BCUT2D eigenvalue weighted by Gasteiger charge is -2.30. The first-order chi connectivity index (χ1) is 13.7. The van der Waals surface area contributed by atoms with E-state index in [9.17, 15) is 9.59 Å². The van der Waals surface area contributed by atoms with Crippen LogP contribution in [0.1, 0.15) is 48.0 Å². The maximum Gasteiger partial charge on any atom is 0.280 e. The van der Waals surface area contributed by atoms with Crippen LogP contribution in [0.3, 0.4) is 0 Å². The predicted molar refractivity (Wildman–Crippen MR) is 105 cm³/mol. The Balaban J connectivity index is 1.74. The number of anilines is 1. The van der Waals surface area contributed by atoms with E-state index in [4.69, 9.17) is 4.42 Å². The quantitative estimate of drug-likeness (QED) is 0.688. The first-order valence-corrected chi connectivity index (χ1v) is 10.1. The van der Waals surface area contributed by atoms with Crippen molar-refractivity contribution in [1.29, 1.82) is 0 Å². The van der Waals surface area contributed by atoms with Crippen LogP contribution in [0.2, 0.25) is 0 Å². The number of benzene rings is 1. The van der Waals surface area contributed by atoms with E-state index in [0.717, 1.165) is 37.2 Å². The monoisotopic (exact) mass is 396 g/mol. The van der Waals surface area contributed by atoms with Crippen LogP contribution in [-0.4, -0.2) is 27.4 Å². The van der Waals surface area contributed by atoms with E-state index in [0.29, 0.717) is 11.4 Å². The number of carbonyl (C=O) groups is 2. The third kappa shape index (κ3) is 3.82. The van der Waals surface area contributed by atoms with Crippen LogP contribution in [0, 0.1) is 0 Å². The number of carbonyl (C=O) groups excluding carboxylic acids is 2. The molecular weight excluding hydrogens is 376 g/mol. The maximum absolute atomic E-state index is 13.3. The van der Waals surface area contributed by atoms with Gasteiger partial charge in [-0.2, -0.15) is 0 Å². The van der Waals surface area contributed by atoms with Gasteiger partial charge in [0.1, 0.15) is 5.76 Å². The van der Waals surface area contributed by atoms with Gasteiger partial charge in [0.2, 0.25) is 0 Å².